The SMILES string of the molecule is C#Cc1nn([C@H]2C[C@H](COC)N(C(=O)OC(C)(C)C)C2)c2ncnc(N)c12. The highest BCUT2D eigenvalue weighted by Gasteiger charge is 2.39. The number of nitrogens with zero attached hydrogens (tertiary/aromatic N) is 5. The third-order valence-electron chi connectivity index (χ3n) is 4.38. The van der Waals surface area contributed by atoms with Crippen molar-refractivity contribution in [1.29, 1.82) is 0 Å². The van der Waals surface area contributed by atoms with Gasteiger partial charge in [-0.05, 0) is 33.1 Å². The number of aromatic nitrogens is 4. The number of likely N-dealkylation sites (tertiary alicyclic amines) is 1. The van der Waals surface area contributed by atoms with Gasteiger partial charge in [0.15, 0.2) is 5.65 Å². The topological polar surface area (TPSA) is 108 Å². The third-order valence-corrected chi connectivity index (χ3v) is 4.38. The average Bonchev–Trinajstić information content (AvgIpc) is 3.15. The first-order valence-corrected chi connectivity index (χ1v) is 8.69. The summed E-state index contributed by atoms with van der Waals surface area (Å²) in [6.45, 7) is 6.32. The summed E-state index contributed by atoms with van der Waals surface area (Å²) in [6, 6.07) is -0.265. The molecule has 1 aliphatic rings. The number of ether oxygens (including phenoxy) is 2. The molecule has 0 radical (unpaired) electrons. The van der Waals surface area contributed by atoms with Crippen LogP contribution in [-0.2, 0) is 9.47 Å². The number of amides is 1. The molecule has 3 heterocycles. The van der Waals surface area contributed by atoms with E-state index in [1.807, 2.05) is 20.8 Å². The Morgan fingerprint density at radius 2 is 2.19 bits per heavy atom. The number of anilines is 1. The molecule has 2 N–H and O–H groups in total. The summed E-state index contributed by atoms with van der Waals surface area (Å²) < 4.78 is 12.6. The number of hydrogen-bond donors (Lipinski definition) is 1. The molecule has 1 amide bonds. The summed E-state index contributed by atoms with van der Waals surface area (Å²) in [5.41, 5.74) is 6.33. The molecular formula is C18H24N6O3. The first-order valence-electron chi connectivity index (χ1n) is 8.69. The van der Waals surface area contributed by atoms with Crippen molar-refractivity contribution in [3.63, 3.8) is 0 Å². The minimum absolute atomic E-state index is 0.128. The van der Waals surface area contributed by atoms with Crippen molar-refractivity contribution in [2.75, 3.05) is 26.0 Å². The molecule has 0 saturated carbocycles. The predicted octanol–water partition coefficient (Wildman–Crippen LogP) is 1.59. The number of nitrogens with two attached hydrogens (primary N) is 1. The van der Waals surface area contributed by atoms with Crippen molar-refractivity contribution < 1.29 is 14.3 Å². The highest BCUT2D eigenvalue weighted by Crippen LogP contribution is 2.32. The van der Waals surface area contributed by atoms with E-state index < -0.39 is 5.60 Å². The maximum atomic E-state index is 12.6. The van der Waals surface area contributed by atoms with Gasteiger partial charge >= 0.3 is 6.09 Å². The molecule has 0 aromatic carbocycles. The van der Waals surface area contributed by atoms with Crippen LogP contribution in [0.25, 0.3) is 11.0 Å². The number of methoxy groups -OCH3 is 1. The summed E-state index contributed by atoms with van der Waals surface area (Å²) in [6.07, 6.45) is 7.21. The Balaban J connectivity index is 1.95. The highest BCUT2D eigenvalue weighted by molar-refractivity contribution is 5.90. The van der Waals surface area contributed by atoms with Crippen LogP contribution in [0.3, 0.4) is 0 Å². The largest absolute Gasteiger partial charge is 0.444 e. The molecule has 9 heteroatoms. The van der Waals surface area contributed by atoms with E-state index >= 15 is 0 Å². The number of fused-ring (bicyclic) bond motifs is 1. The molecule has 0 bridgehead atoms. The van der Waals surface area contributed by atoms with Crippen LogP contribution < -0.4 is 5.73 Å². The molecule has 1 aliphatic heterocycles. The Morgan fingerprint density at radius 3 is 2.81 bits per heavy atom. The Labute approximate surface area is 157 Å². The van der Waals surface area contributed by atoms with Gasteiger partial charge in [-0.3, -0.25) is 0 Å². The number of rotatable bonds is 3. The molecule has 1 fully saturated rings. The number of nitrogen functional groups attached to an aromatic ring is 1. The zero-order valence-corrected chi connectivity index (χ0v) is 16.0. The monoisotopic (exact) mass is 372 g/mol. The van der Waals surface area contributed by atoms with Crippen LogP contribution >= 0.6 is 0 Å². The van der Waals surface area contributed by atoms with Gasteiger partial charge in [-0.15, -0.1) is 6.42 Å². The second-order valence-corrected chi connectivity index (χ2v) is 7.53. The molecule has 1 saturated heterocycles. The minimum atomic E-state index is -0.580. The lowest BCUT2D eigenvalue weighted by Gasteiger charge is -2.28. The average molecular weight is 372 g/mol. The first-order chi connectivity index (χ1) is 12.7. The molecule has 9 nitrogen and oxygen atoms in total. The molecule has 144 valence electrons. The second kappa shape index (κ2) is 7.04. The maximum Gasteiger partial charge on any atom is 0.410 e. The van der Waals surface area contributed by atoms with Crippen LogP contribution in [0.1, 0.15) is 38.9 Å². The fourth-order valence-corrected chi connectivity index (χ4v) is 3.31. The molecule has 0 spiro atoms. The minimum Gasteiger partial charge on any atom is -0.444 e. The van der Waals surface area contributed by atoms with Gasteiger partial charge in [0.05, 0.1) is 24.1 Å². The summed E-state index contributed by atoms with van der Waals surface area (Å²) in [5, 5.41) is 5.05. The fourth-order valence-electron chi connectivity index (χ4n) is 3.31. The highest BCUT2D eigenvalue weighted by atomic mass is 16.6. The molecule has 0 aliphatic carbocycles. The molecule has 2 atom stereocenters. The molecule has 2 aromatic rings. The van der Waals surface area contributed by atoms with E-state index in [9.17, 15) is 4.79 Å². The smallest absolute Gasteiger partial charge is 0.410 e. The first kappa shape index (κ1) is 18.9. The van der Waals surface area contributed by atoms with Gasteiger partial charge in [-0.1, -0.05) is 0 Å². The normalized spacial score (nSPS) is 20.0. The molecule has 2 aromatic heterocycles. The molecular weight excluding hydrogens is 348 g/mol. The molecule has 3 rings (SSSR count). The van der Waals surface area contributed by atoms with Gasteiger partial charge in [0.2, 0.25) is 0 Å². The van der Waals surface area contributed by atoms with E-state index in [4.69, 9.17) is 21.6 Å². The Morgan fingerprint density at radius 1 is 1.44 bits per heavy atom. The van der Waals surface area contributed by atoms with Crippen LogP contribution in [0.5, 0.6) is 0 Å². The van der Waals surface area contributed by atoms with Gasteiger partial charge in [0, 0.05) is 13.7 Å². The molecule has 27 heavy (non-hydrogen) atoms. The molecule has 0 unspecified atom stereocenters. The summed E-state index contributed by atoms with van der Waals surface area (Å²) in [7, 11) is 1.61. The predicted molar refractivity (Wildman–Crippen MR) is 99.9 cm³/mol. The third kappa shape index (κ3) is 3.66. The van der Waals surface area contributed by atoms with Crippen molar-refractivity contribution in [3.8, 4) is 12.3 Å². The van der Waals surface area contributed by atoms with E-state index in [0.29, 0.717) is 36.3 Å². The lowest BCUT2D eigenvalue weighted by Crippen LogP contribution is -2.41. The number of hydrogen-bond acceptors (Lipinski definition) is 7. The Bertz CT molecular complexity index is 895. The lowest BCUT2D eigenvalue weighted by atomic mass is 10.2. The van der Waals surface area contributed by atoms with Gasteiger partial charge in [-0.25, -0.2) is 19.4 Å². The lowest BCUT2D eigenvalue weighted by molar-refractivity contribution is 0.0145. The van der Waals surface area contributed by atoms with E-state index in [1.165, 1.54) is 6.33 Å². The summed E-state index contributed by atoms with van der Waals surface area (Å²) in [5.74, 6) is 2.82. The zero-order valence-electron chi connectivity index (χ0n) is 16.0. The van der Waals surface area contributed by atoms with E-state index in [0.717, 1.165) is 0 Å². The van der Waals surface area contributed by atoms with Gasteiger partial charge < -0.3 is 20.1 Å². The van der Waals surface area contributed by atoms with Crippen molar-refractivity contribution in [2.24, 2.45) is 0 Å². The Hall–Kier alpha value is -2.86. The number of carbonyl (C=O) groups is 1. The Kier molecular flexibility index (Phi) is 4.93. The van der Waals surface area contributed by atoms with Crippen molar-refractivity contribution in [1.82, 2.24) is 24.6 Å². The fraction of sp³-hybridized carbons (Fsp3) is 0.556. The van der Waals surface area contributed by atoms with E-state index in [1.54, 1.807) is 16.7 Å². The number of terminal acetylenes is 1. The van der Waals surface area contributed by atoms with Crippen LogP contribution in [0.2, 0.25) is 0 Å². The van der Waals surface area contributed by atoms with Gasteiger partial charge in [0.1, 0.15) is 23.4 Å². The van der Waals surface area contributed by atoms with Crippen LogP contribution in [0.15, 0.2) is 6.33 Å². The van der Waals surface area contributed by atoms with Crippen LogP contribution in [0, 0.1) is 12.3 Å². The van der Waals surface area contributed by atoms with Crippen molar-refractivity contribution in [2.45, 2.75) is 44.9 Å². The van der Waals surface area contributed by atoms with Crippen molar-refractivity contribution in [3.05, 3.63) is 12.0 Å². The van der Waals surface area contributed by atoms with E-state index in [2.05, 4.69) is 21.0 Å². The van der Waals surface area contributed by atoms with Gasteiger partial charge in [-0.2, -0.15) is 5.10 Å². The van der Waals surface area contributed by atoms with E-state index in [-0.39, 0.29) is 24.0 Å². The second-order valence-electron chi connectivity index (χ2n) is 7.53. The van der Waals surface area contributed by atoms with Crippen LogP contribution in [0.4, 0.5) is 10.6 Å². The standard InChI is InChI=1S/C18H24N6O3/c1-6-13-14-15(19)20-10-21-16(14)24(22-13)11-7-12(9-26-5)23(8-11)17(25)27-18(2,3)4/h1,10-12H,7-9H2,2-5H3,(H2,19,20,21)/t11-,12+/m0/s1. The quantitative estimate of drug-likeness (QED) is 0.815. The van der Waals surface area contributed by atoms with Gasteiger partial charge in [0.25, 0.3) is 0 Å². The zero-order chi connectivity index (χ0) is 19.8. The summed E-state index contributed by atoms with van der Waals surface area (Å²) in [4.78, 5) is 22.6. The number of carbonyl (C=O) groups excluding carboxylic acids is 1. The van der Waals surface area contributed by atoms with Crippen LogP contribution in [-0.4, -0.2) is 62.6 Å². The summed E-state index contributed by atoms with van der Waals surface area (Å²) >= 11 is 0. The van der Waals surface area contributed by atoms with Crippen molar-refractivity contribution >= 4 is 22.9 Å². The maximum absolute atomic E-state index is 12.6.